The van der Waals surface area contributed by atoms with Crippen LogP contribution in [0.15, 0.2) is 65.1 Å². The summed E-state index contributed by atoms with van der Waals surface area (Å²) in [5.74, 6) is 0. The van der Waals surface area contributed by atoms with Crippen molar-refractivity contribution in [2.24, 2.45) is 5.10 Å². The van der Waals surface area contributed by atoms with Crippen molar-refractivity contribution in [3.8, 4) is 9.75 Å². The molecule has 4 heteroatoms. The third-order valence-corrected chi connectivity index (χ3v) is 4.64. The zero-order valence-corrected chi connectivity index (χ0v) is 11.7. The molecule has 0 aliphatic rings. The highest BCUT2D eigenvalue weighted by molar-refractivity contribution is 7.22. The SMILES string of the molecule is C(=N\Nc1ccccc1)/c1ccc(-c2cccs2)s1. The molecule has 0 aliphatic heterocycles. The molecule has 0 radical (unpaired) electrons. The lowest BCUT2D eigenvalue weighted by molar-refractivity contribution is 1.35. The second kappa shape index (κ2) is 5.82. The van der Waals surface area contributed by atoms with Gasteiger partial charge in [0.2, 0.25) is 0 Å². The van der Waals surface area contributed by atoms with E-state index in [1.807, 2.05) is 36.5 Å². The third kappa shape index (κ3) is 3.10. The van der Waals surface area contributed by atoms with E-state index < -0.39 is 0 Å². The Hall–Kier alpha value is -1.91. The van der Waals surface area contributed by atoms with Crippen molar-refractivity contribution in [2.45, 2.75) is 0 Å². The monoisotopic (exact) mass is 284 g/mol. The molecule has 1 N–H and O–H groups in total. The number of anilines is 1. The highest BCUT2D eigenvalue weighted by Crippen LogP contribution is 2.30. The van der Waals surface area contributed by atoms with Gasteiger partial charge >= 0.3 is 0 Å². The molecule has 3 aromatic rings. The summed E-state index contributed by atoms with van der Waals surface area (Å²) in [7, 11) is 0. The molecule has 0 aliphatic carbocycles. The van der Waals surface area contributed by atoms with Crippen molar-refractivity contribution in [3.63, 3.8) is 0 Å². The second-order valence-electron chi connectivity index (χ2n) is 3.92. The lowest BCUT2D eigenvalue weighted by Gasteiger charge is -1.97. The summed E-state index contributed by atoms with van der Waals surface area (Å²) in [4.78, 5) is 3.74. The molecule has 19 heavy (non-hydrogen) atoms. The fourth-order valence-corrected chi connectivity index (χ4v) is 3.37. The summed E-state index contributed by atoms with van der Waals surface area (Å²) in [6.45, 7) is 0. The van der Waals surface area contributed by atoms with Gasteiger partial charge in [0, 0.05) is 14.6 Å². The van der Waals surface area contributed by atoms with Crippen molar-refractivity contribution in [1.29, 1.82) is 0 Å². The summed E-state index contributed by atoms with van der Waals surface area (Å²) in [6.07, 6.45) is 1.86. The van der Waals surface area contributed by atoms with E-state index in [0.717, 1.165) is 10.6 Å². The third-order valence-electron chi connectivity index (χ3n) is 2.55. The number of benzene rings is 1. The minimum Gasteiger partial charge on any atom is -0.278 e. The minimum absolute atomic E-state index is 0.994. The predicted molar refractivity (Wildman–Crippen MR) is 85.3 cm³/mol. The van der Waals surface area contributed by atoms with Crippen LogP contribution < -0.4 is 5.43 Å². The molecule has 2 nitrogen and oxygen atoms in total. The van der Waals surface area contributed by atoms with Gasteiger partial charge in [0.15, 0.2) is 0 Å². The molecule has 0 fully saturated rings. The molecule has 3 rings (SSSR count). The molecule has 2 heterocycles. The van der Waals surface area contributed by atoms with Crippen LogP contribution >= 0.6 is 22.7 Å². The van der Waals surface area contributed by atoms with Gasteiger partial charge in [-0.25, -0.2) is 0 Å². The zero-order valence-electron chi connectivity index (χ0n) is 10.1. The molecule has 0 saturated carbocycles. The normalized spacial score (nSPS) is 10.9. The molecular formula is C15H12N2S2. The number of hydrazone groups is 1. The number of nitrogens with one attached hydrogen (secondary N) is 1. The highest BCUT2D eigenvalue weighted by Gasteiger charge is 2.01. The van der Waals surface area contributed by atoms with Crippen LogP contribution in [0, 0.1) is 0 Å². The van der Waals surface area contributed by atoms with Crippen molar-refractivity contribution >= 4 is 34.6 Å². The molecule has 0 saturated heterocycles. The first-order valence-electron chi connectivity index (χ1n) is 5.90. The van der Waals surface area contributed by atoms with Crippen LogP contribution in [0.4, 0.5) is 5.69 Å². The quantitative estimate of drug-likeness (QED) is 0.533. The number of para-hydroxylation sites is 1. The van der Waals surface area contributed by atoms with Crippen LogP contribution in [0.2, 0.25) is 0 Å². The maximum absolute atomic E-state index is 4.25. The largest absolute Gasteiger partial charge is 0.278 e. The van der Waals surface area contributed by atoms with Gasteiger partial charge in [-0.15, -0.1) is 22.7 Å². The molecule has 0 atom stereocenters. The van der Waals surface area contributed by atoms with Crippen molar-refractivity contribution < 1.29 is 0 Å². The molecule has 0 spiro atoms. The van der Waals surface area contributed by atoms with Crippen molar-refractivity contribution in [1.82, 2.24) is 0 Å². The van der Waals surface area contributed by atoms with Crippen LogP contribution in [0.5, 0.6) is 0 Å². The molecular weight excluding hydrogens is 272 g/mol. The van der Waals surface area contributed by atoms with Crippen LogP contribution in [0.3, 0.4) is 0 Å². The first-order chi connectivity index (χ1) is 9.42. The Balaban J connectivity index is 1.67. The van der Waals surface area contributed by atoms with Gasteiger partial charge in [-0.2, -0.15) is 5.10 Å². The average molecular weight is 284 g/mol. The van der Waals surface area contributed by atoms with E-state index in [9.17, 15) is 0 Å². The van der Waals surface area contributed by atoms with E-state index in [2.05, 4.69) is 40.2 Å². The fourth-order valence-electron chi connectivity index (χ4n) is 1.66. The predicted octanol–water partition coefficient (Wildman–Crippen LogP) is 4.92. The maximum Gasteiger partial charge on any atom is 0.0644 e. The molecule has 2 aromatic heterocycles. The Morgan fingerprint density at radius 1 is 0.895 bits per heavy atom. The van der Waals surface area contributed by atoms with Gasteiger partial charge in [-0.05, 0) is 35.7 Å². The van der Waals surface area contributed by atoms with E-state index in [4.69, 9.17) is 0 Å². The number of rotatable bonds is 4. The molecule has 0 unspecified atom stereocenters. The van der Waals surface area contributed by atoms with Crippen LogP contribution in [-0.4, -0.2) is 6.21 Å². The van der Waals surface area contributed by atoms with E-state index >= 15 is 0 Å². The van der Waals surface area contributed by atoms with Crippen molar-refractivity contribution in [2.75, 3.05) is 5.43 Å². The zero-order chi connectivity index (χ0) is 12.9. The summed E-state index contributed by atoms with van der Waals surface area (Å²) in [6, 6.07) is 18.4. The van der Waals surface area contributed by atoms with Crippen LogP contribution in [0.25, 0.3) is 9.75 Å². The van der Waals surface area contributed by atoms with E-state index in [0.29, 0.717) is 0 Å². The smallest absolute Gasteiger partial charge is 0.0644 e. The Kier molecular flexibility index (Phi) is 3.72. The summed E-state index contributed by atoms with van der Waals surface area (Å²) < 4.78 is 0. The van der Waals surface area contributed by atoms with Gasteiger partial charge in [-0.3, -0.25) is 5.43 Å². The Morgan fingerprint density at radius 2 is 1.79 bits per heavy atom. The van der Waals surface area contributed by atoms with E-state index in [1.165, 1.54) is 9.75 Å². The highest BCUT2D eigenvalue weighted by atomic mass is 32.1. The van der Waals surface area contributed by atoms with Gasteiger partial charge in [0.05, 0.1) is 11.9 Å². The summed E-state index contributed by atoms with van der Waals surface area (Å²) in [5.41, 5.74) is 4.01. The lowest BCUT2D eigenvalue weighted by atomic mass is 10.3. The van der Waals surface area contributed by atoms with E-state index in [1.54, 1.807) is 22.7 Å². The number of thiophene rings is 2. The standard InChI is InChI=1S/C15H12N2S2/c1-2-5-12(6-3-1)17-16-11-13-8-9-15(19-13)14-7-4-10-18-14/h1-11,17H/b16-11+. The van der Waals surface area contributed by atoms with E-state index in [-0.39, 0.29) is 0 Å². The number of hydrogen-bond donors (Lipinski definition) is 1. The maximum atomic E-state index is 4.25. The summed E-state index contributed by atoms with van der Waals surface area (Å²) >= 11 is 3.51. The molecule has 0 amide bonds. The number of nitrogens with zero attached hydrogens (tertiary/aromatic N) is 1. The van der Waals surface area contributed by atoms with Gasteiger partial charge in [-0.1, -0.05) is 24.3 Å². The molecule has 0 bridgehead atoms. The Morgan fingerprint density at radius 3 is 2.58 bits per heavy atom. The van der Waals surface area contributed by atoms with Crippen LogP contribution in [-0.2, 0) is 0 Å². The van der Waals surface area contributed by atoms with Gasteiger partial charge < -0.3 is 0 Å². The second-order valence-corrected chi connectivity index (χ2v) is 5.98. The first-order valence-corrected chi connectivity index (χ1v) is 7.59. The molecule has 94 valence electrons. The average Bonchev–Trinajstić information content (AvgIpc) is 3.10. The first kappa shape index (κ1) is 12.1. The Bertz CT molecular complexity index is 655. The van der Waals surface area contributed by atoms with Gasteiger partial charge in [0.25, 0.3) is 0 Å². The Labute approximate surface area is 120 Å². The van der Waals surface area contributed by atoms with Crippen molar-refractivity contribution in [3.05, 3.63) is 64.9 Å². The van der Waals surface area contributed by atoms with Gasteiger partial charge in [0.1, 0.15) is 0 Å². The van der Waals surface area contributed by atoms with Crippen LogP contribution in [0.1, 0.15) is 4.88 Å². The topological polar surface area (TPSA) is 24.4 Å². The number of hydrogen-bond acceptors (Lipinski definition) is 4. The summed E-state index contributed by atoms with van der Waals surface area (Å²) in [5, 5.41) is 6.34. The lowest BCUT2D eigenvalue weighted by Crippen LogP contribution is -1.87. The fraction of sp³-hybridized carbons (Fsp3) is 0. The molecule has 1 aromatic carbocycles. The minimum atomic E-state index is 0.994.